The molecule has 2 aromatic heterocycles. The Morgan fingerprint density at radius 3 is 2.66 bits per heavy atom. The molecule has 2 N–H and O–H groups in total. The van der Waals surface area contributed by atoms with Crippen molar-refractivity contribution in [3.63, 3.8) is 0 Å². The monoisotopic (exact) mass is 447 g/mol. The van der Waals surface area contributed by atoms with E-state index in [2.05, 4.69) is 15.1 Å². The zero-order chi connectivity index (χ0) is 22.7. The number of carbonyl (C=O) groups is 1. The molecule has 0 aliphatic heterocycles. The van der Waals surface area contributed by atoms with Crippen LogP contribution in [0.4, 0.5) is 5.82 Å². The lowest BCUT2D eigenvalue weighted by Crippen LogP contribution is -2.06. The molecule has 8 heteroatoms. The summed E-state index contributed by atoms with van der Waals surface area (Å²) >= 11 is 6.50. The van der Waals surface area contributed by atoms with E-state index in [1.165, 1.54) is 11.6 Å². The fourth-order valence-electron chi connectivity index (χ4n) is 3.28. The molecule has 0 unspecified atom stereocenters. The standard InChI is InChI=1S/C24H22ClN5O2/c1-15-7-9-17(10-8-15)13-30-23(25)18(16(2)29-30)11-12-22(31)32-14-21-27-20-6-4-3-5-19(20)24(26)28-21/h3-12H,13-14H2,1-2H3,(H2,26,27,28)/b12-11+. The second kappa shape index (κ2) is 9.20. The van der Waals surface area contributed by atoms with Crippen molar-refractivity contribution < 1.29 is 9.53 Å². The van der Waals surface area contributed by atoms with Gasteiger partial charge in [0.05, 0.1) is 17.8 Å². The van der Waals surface area contributed by atoms with Gasteiger partial charge in [-0.25, -0.2) is 19.4 Å². The Balaban J connectivity index is 1.42. The third-order valence-corrected chi connectivity index (χ3v) is 5.37. The van der Waals surface area contributed by atoms with Gasteiger partial charge in [0.25, 0.3) is 0 Å². The van der Waals surface area contributed by atoms with Gasteiger partial charge >= 0.3 is 5.97 Å². The van der Waals surface area contributed by atoms with Crippen molar-refractivity contribution in [3.05, 3.63) is 88.0 Å². The summed E-state index contributed by atoms with van der Waals surface area (Å²) in [5.41, 5.74) is 10.3. The summed E-state index contributed by atoms with van der Waals surface area (Å²) < 4.78 is 6.98. The lowest BCUT2D eigenvalue weighted by atomic mass is 10.1. The van der Waals surface area contributed by atoms with E-state index < -0.39 is 5.97 Å². The molecule has 0 atom stereocenters. The normalized spacial score (nSPS) is 11.3. The number of fused-ring (bicyclic) bond motifs is 1. The van der Waals surface area contributed by atoms with Crippen LogP contribution in [0.15, 0.2) is 54.6 Å². The lowest BCUT2D eigenvalue weighted by Gasteiger charge is -2.05. The van der Waals surface area contributed by atoms with Crippen LogP contribution in [0.1, 0.15) is 28.2 Å². The number of anilines is 1. The van der Waals surface area contributed by atoms with Gasteiger partial charge in [0.2, 0.25) is 0 Å². The zero-order valence-corrected chi connectivity index (χ0v) is 18.5. The minimum atomic E-state index is -0.540. The number of nitrogens with zero attached hydrogens (tertiary/aromatic N) is 4. The highest BCUT2D eigenvalue weighted by Gasteiger charge is 2.12. The Morgan fingerprint density at radius 1 is 1.12 bits per heavy atom. The molecule has 0 aliphatic carbocycles. The molecular formula is C24H22ClN5O2. The fraction of sp³-hybridized carbons (Fsp3) is 0.167. The van der Waals surface area contributed by atoms with Crippen LogP contribution in [0, 0.1) is 13.8 Å². The third-order valence-electron chi connectivity index (χ3n) is 4.97. The van der Waals surface area contributed by atoms with Crippen molar-refractivity contribution in [3.8, 4) is 0 Å². The molecule has 0 bridgehead atoms. The highest BCUT2D eigenvalue weighted by atomic mass is 35.5. The maximum absolute atomic E-state index is 12.2. The quantitative estimate of drug-likeness (QED) is 0.345. The summed E-state index contributed by atoms with van der Waals surface area (Å²) in [5, 5.41) is 5.70. The average Bonchev–Trinajstić information content (AvgIpc) is 3.04. The number of hydrogen-bond acceptors (Lipinski definition) is 6. The topological polar surface area (TPSA) is 95.9 Å². The third kappa shape index (κ3) is 4.78. The first-order valence-electron chi connectivity index (χ1n) is 10.0. The first kappa shape index (κ1) is 21.5. The molecule has 0 fully saturated rings. The summed E-state index contributed by atoms with van der Waals surface area (Å²) in [6.45, 7) is 4.34. The molecule has 32 heavy (non-hydrogen) atoms. The summed E-state index contributed by atoms with van der Waals surface area (Å²) in [5.74, 6) is 0.144. The summed E-state index contributed by atoms with van der Waals surface area (Å²) in [7, 11) is 0. The van der Waals surface area contributed by atoms with Crippen LogP contribution in [0.3, 0.4) is 0 Å². The molecule has 0 saturated carbocycles. The van der Waals surface area contributed by atoms with Crippen molar-refractivity contribution in [2.45, 2.75) is 27.0 Å². The van der Waals surface area contributed by atoms with E-state index in [1.807, 2.05) is 62.4 Å². The van der Waals surface area contributed by atoms with Crippen LogP contribution in [0.2, 0.25) is 5.15 Å². The molecule has 0 saturated heterocycles. The van der Waals surface area contributed by atoms with Crippen molar-refractivity contribution in [2.75, 3.05) is 5.73 Å². The van der Waals surface area contributed by atoms with E-state index in [0.717, 1.165) is 16.6 Å². The van der Waals surface area contributed by atoms with E-state index in [4.69, 9.17) is 22.1 Å². The van der Waals surface area contributed by atoms with E-state index in [0.29, 0.717) is 34.4 Å². The number of ether oxygens (including phenoxy) is 1. The molecule has 2 aromatic carbocycles. The summed E-state index contributed by atoms with van der Waals surface area (Å²) in [4.78, 5) is 20.8. The smallest absolute Gasteiger partial charge is 0.331 e. The number of esters is 1. The molecule has 0 radical (unpaired) electrons. The number of aryl methyl sites for hydroxylation is 2. The number of benzene rings is 2. The van der Waals surface area contributed by atoms with E-state index in [-0.39, 0.29) is 6.61 Å². The van der Waals surface area contributed by atoms with Crippen LogP contribution < -0.4 is 5.73 Å². The Labute approximate surface area is 190 Å². The van der Waals surface area contributed by atoms with E-state index in [1.54, 1.807) is 10.8 Å². The molecule has 2 heterocycles. The molecule has 0 amide bonds. The van der Waals surface area contributed by atoms with Crippen molar-refractivity contribution in [1.29, 1.82) is 0 Å². The number of halogens is 1. The number of aromatic nitrogens is 4. The van der Waals surface area contributed by atoms with E-state index >= 15 is 0 Å². The predicted molar refractivity (Wildman–Crippen MR) is 125 cm³/mol. The molecule has 0 aliphatic rings. The Hall–Kier alpha value is -3.71. The highest BCUT2D eigenvalue weighted by Crippen LogP contribution is 2.23. The van der Waals surface area contributed by atoms with Gasteiger partial charge in [-0.2, -0.15) is 5.10 Å². The van der Waals surface area contributed by atoms with Crippen LogP contribution >= 0.6 is 11.6 Å². The largest absolute Gasteiger partial charge is 0.454 e. The number of nitrogens with two attached hydrogens (primary N) is 1. The first-order valence-corrected chi connectivity index (χ1v) is 10.4. The SMILES string of the molecule is Cc1ccc(Cn2nc(C)c(/C=C/C(=O)OCc3nc(N)c4ccccc4n3)c2Cl)cc1. The van der Waals surface area contributed by atoms with Gasteiger partial charge in [0.1, 0.15) is 11.0 Å². The van der Waals surface area contributed by atoms with Gasteiger partial charge in [-0.15, -0.1) is 0 Å². The van der Waals surface area contributed by atoms with Gasteiger partial charge in [-0.3, -0.25) is 0 Å². The molecule has 162 valence electrons. The van der Waals surface area contributed by atoms with Gasteiger partial charge in [-0.1, -0.05) is 53.6 Å². The van der Waals surface area contributed by atoms with Crippen LogP contribution in [-0.4, -0.2) is 25.7 Å². The van der Waals surface area contributed by atoms with Crippen LogP contribution in [0.5, 0.6) is 0 Å². The maximum atomic E-state index is 12.2. The molecule has 4 rings (SSSR count). The number of para-hydroxylation sites is 1. The second-order valence-corrected chi connectivity index (χ2v) is 7.77. The Kier molecular flexibility index (Phi) is 6.18. The minimum absolute atomic E-state index is 0.0857. The average molecular weight is 448 g/mol. The van der Waals surface area contributed by atoms with E-state index in [9.17, 15) is 4.79 Å². The van der Waals surface area contributed by atoms with Crippen molar-refractivity contribution in [1.82, 2.24) is 19.7 Å². The zero-order valence-electron chi connectivity index (χ0n) is 17.7. The summed E-state index contributed by atoms with van der Waals surface area (Å²) in [6, 6.07) is 15.6. The highest BCUT2D eigenvalue weighted by molar-refractivity contribution is 6.31. The van der Waals surface area contributed by atoms with Crippen molar-refractivity contribution in [2.24, 2.45) is 0 Å². The van der Waals surface area contributed by atoms with Crippen LogP contribution in [0.25, 0.3) is 17.0 Å². The van der Waals surface area contributed by atoms with Gasteiger partial charge < -0.3 is 10.5 Å². The minimum Gasteiger partial charge on any atom is -0.454 e. The number of nitrogen functional groups attached to an aromatic ring is 1. The maximum Gasteiger partial charge on any atom is 0.331 e. The van der Waals surface area contributed by atoms with Gasteiger partial charge in [0, 0.05) is 17.0 Å². The predicted octanol–water partition coefficient (Wildman–Crippen LogP) is 4.48. The Morgan fingerprint density at radius 2 is 1.88 bits per heavy atom. The second-order valence-electron chi connectivity index (χ2n) is 7.42. The number of rotatable bonds is 6. The molecule has 4 aromatic rings. The van der Waals surface area contributed by atoms with Gasteiger partial charge in [-0.05, 0) is 37.6 Å². The fourth-order valence-corrected chi connectivity index (χ4v) is 3.58. The summed E-state index contributed by atoms with van der Waals surface area (Å²) in [6.07, 6.45) is 2.92. The first-order chi connectivity index (χ1) is 15.4. The number of hydrogen-bond donors (Lipinski definition) is 1. The van der Waals surface area contributed by atoms with Gasteiger partial charge in [0.15, 0.2) is 12.4 Å². The van der Waals surface area contributed by atoms with Crippen LogP contribution in [-0.2, 0) is 22.7 Å². The molecule has 7 nitrogen and oxygen atoms in total. The van der Waals surface area contributed by atoms with Crippen molar-refractivity contribution >= 4 is 40.4 Å². The lowest BCUT2D eigenvalue weighted by molar-refractivity contribution is -0.139. The molecule has 0 spiro atoms. The number of carbonyl (C=O) groups excluding carboxylic acids is 1. The molecular weight excluding hydrogens is 426 g/mol. The Bertz CT molecular complexity index is 1310.